The van der Waals surface area contributed by atoms with Crippen LogP contribution in [-0.4, -0.2) is 6.04 Å². The van der Waals surface area contributed by atoms with Crippen LogP contribution in [0.3, 0.4) is 0 Å². The fraction of sp³-hybridized carbons (Fsp3) is 0.571. The largest absolute Gasteiger partial charge is 0.397 e. The molecule has 3 N–H and O–H groups in total. The molecule has 0 heterocycles. The molecular weight excluding hydrogens is 295 g/mol. The summed E-state index contributed by atoms with van der Waals surface area (Å²) in [5, 5.41) is 3.46. The van der Waals surface area contributed by atoms with E-state index >= 15 is 0 Å². The lowest BCUT2D eigenvalue weighted by Gasteiger charge is -2.33. The summed E-state index contributed by atoms with van der Waals surface area (Å²) < 4.78 is 13.8. The lowest BCUT2D eigenvalue weighted by molar-refractivity contribution is 0.281. The number of halogens is 2. The lowest BCUT2D eigenvalue weighted by atomic mass is 9.80. The number of rotatable bonds is 2. The molecule has 1 aliphatic rings. The van der Waals surface area contributed by atoms with Crippen molar-refractivity contribution in [3.05, 3.63) is 22.4 Å². The quantitative estimate of drug-likeness (QED) is 0.794. The Morgan fingerprint density at radius 2 is 1.83 bits per heavy atom. The topological polar surface area (TPSA) is 38.0 Å². The molecule has 1 aliphatic carbocycles. The van der Waals surface area contributed by atoms with E-state index in [1.807, 2.05) is 0 Å². The van der Waals surface area contributed by atoms with Gasteiger partial charge in [-0.3, -0.25) is 0 Å². The van der Waals surface area contributed by atoms with Gasteiger partial charge in [-0.05, 0) is 53.1 Å². The number of benzene rings is 1. The molecular formula is C14H20BrFN2. The van der Waals surface area contributed by atoms with Crippen molar-refractivity contribution in [2.24, 2.45) is 11.8 Å². The van der Waals surface area contributed by atoms with Crippen LogP contribution in [0.2, 0.25) is 0 Å². The van der Waals surface area contributed by atoms with Gasteiger partial charge < -0.3 is 11.1 Å². The van der Waals surface area contributed by atoms with Crippen LogP contribution in [0.1, 0.15) is 33.1 Å². The van der Waals surface area contributed by atoms with Crippen molar-refractivity contribution in [2.45, 2.75) is 39.2 Å². The van der Waals surface area contributed by atoms with E-state index in [2.05, 4.69) is 35.1 Å². The minimum absolute atomic E-state index is 0.316. The first-order valence-electron chi connectivity index (χ1n) is 6.46. The second-order valence-corrected chi connectivity index (χ2v) is 6.47. The van der Waals surface area contributed by atoms with Crippen molar-refractivity contribution in [3.8, 4) is 0 Å². The molecule has 2 nitrogen and oxygen atoms in total. The third-order valence-electron chi connectivity index (χ3n) is 3.63. The van der Waals surface area contributed by atoms with E-state index in [1.165, 1.54) is 12.5 Å². The van der Waals surface area contributed by atoms with E-state index in [4.69, 9.17) is 5.73 Å². The molecule has 2 unspecified atom stereocenters. The first-order chi connectivity index (χ1) is 8.45. The third kappa shape index (κ3) is 3.16. The van der Waals surface area contributed by atoms with Gasteiger partial charge >= 0.3 is 0 Å². The van der Waals surface area contributed by atoms with E-state index in [9.17, 15) is 4.39 Å². The Balaban J connectivity index is 2.11. The lowest BCUT2D eigenvalue weighted by Crippen LogP contribution is -2.30. The van der Waals surface area contributed by atoms with Crippen LogP contribution >= 0.6 is 15.9 Å². The summed E-state index contributed by atoms with van der Waals surface area (Å²) in [6.07, 6.45) is 3.60. The van der Waals surface area contributed by atoms with Crippen LogP contribution in [0.4, 0.5) is 15.8 Å². The number of nitrogen functional groups attached to an aromatic ring is 1. The maximum absolute atomic E-state index is 13.3. The molecule has 100 valence electrons. The first-order valence-corrected chi connectivity index (χ1v) is 7.26. The second kappa shape index (κ2) is 5.47. The summed E-state index contributed by atoms with van der Waals surface area (Å²) in [6, 6.07) is 3.53. The summed E-state index contributed by atoms with van der Waals surface area (Å²) in [7, 11) is 0. The van der Waals surface area contributed by atoms with Crippen LogP contribution in [0.15, 0.2) is 16.6 Å². The number of nitrogens with two attached hydrogens (primary N) is 1. The van der Waals surface area contributed by atoms with Crippen molar-refractivity contribution in [1.29, 1.82) is 0 Å². The number of hydrogen-bond acceptors (Lipinski definition) is 2. The summed E-state index contributed by atoms with van der Waals surface area (Å²) in [6.45, 7) is 4.57. The Morgan fingerprint density at radius 3 is 2.44 bits per heavy atom. The normalized spacial score (nSPS) is 28.1. The van der Waals surface area contributed by atoms with Gasteiger partial charge in [0, 0.05) is 12.1 Å². The van der Waals surface area contributed by atoms with Gasteiger partial charge in [-0.1, -0.05) is 13.8 Å². The van der Waals surface area contributed by atoms with Gasteiger partial charge in [0.05, 0.1) is 15.8 Å². The van der Waals surface area contributed by atoms with E-state index < -0.39 is 0 Å². The van der Waals surface area contributed by atoms with Crippen LogP contribution < -0.4 is 11.1 Å². The zero-order valence-corrected chi connectivity index (χ0v) is 12.4. The minimum atomic E-state index is -0.316. The monoisotopic (exact) mass is 314 g/mol. The number of nitrogens with one attached hydrogen (secondary N) is 1. The van der Waals surface area contributed by atoms with E-state index in [-0.39, 0.29) is 5.82 Å². The molecule has 1 aromatic carbocycles. The van der Waals surface area contributed by atoms with Gasteiger partial charge in [-0.25, -0.2) is 4.39 Å². The second-order valence-electron chi connectivity index (χ2n) is 5.61. The summed E-state index contributed by atoms with van der Waals surface area (Å²) in [4.78, 5) is 0. The Kier molecular flexibility index (Phi) is 4.15. The van der Waals surface area contributed by atoms with Gasteiger partial charge in [-0.15, -0.1) is 0 Å². The molecule has 0 bridgehead atoms. The van der Waals surface area contributed by atoms with Crippen molar-refractivity contribution in [2.75, 3.05) is 11.1 Å². The van der Waals surface area contributed by atoms with E-state index in [1.54, 1.807) is 6.07 Å². The standard InChI is InChI=1S/C14H20BrFN2/c1-8-3-9(2)5-10(4-8)18-14-6-11(15)12(16)7-13(14)17/h6-10,18H,3-5,17H2,1-2H3. The van der Waals surface area contributed by atoms with Gasteiger partial charge in [0.1, 0.15) is 5.82 Å². The summed E-state index contributed by atoms with van der Waals surface area (Å²) in [5.41, 5.74) is 7.16. The van der Waals surface area contributed by atoms with Crippen molar-refractivity contribution >= 4 is 27.3 Å². The molecule has 1 saturated carbocycles. The van der Waals surface area contributed by atoms with Crippen LogP contribution in [0.5, 0.6) is 0 Å². The SMILES string of the molecule is CC1CC(C)CC(Nc2cc(Br)c(F)cc2N)C1. The highest BCUT2D eigenvalue weighted by Gasteiger charge is 2.24. The number of hydrogen-bond donors (Lipinski definition) is 2. The molecule has 1 aromatic rings. The minimum Gasteiger partial charge on any atom is -0.397 e. The third-order valence-corrected chi connectivity index (χ3v) is 4.24. The van der Waals surface area contributed by atoms with E-state index in [0.717, 1.165) is 30.4 Å². The van der Waals surface area contributed by atoms with Gasteiger partial charge in [-0.2, -0.15) is 0 Å². The zero-order chi connectivity index (χ0) is 13.3. The Morgan fingerprint density at radius 1 is 1.22 bits per heavy atom. The molecule has 0 aliphatic heterocycles. The van der Waals surface area contributed by atoms with E-state index in [0.29, 0.717) is 16.2 Å². The Labute approximate surface area is 116 Å². The highest BCUT2D eigenvalue weighted by atomic mass is 79.9. The maximum atomic E-state index is 13.3. The molecule has 0 aromatic heterocycles. The molecule has 0 spiro atoms. The average molecular weight is 315 g/mol. The molecule has 0 amide bonds. The van der Waals surface area contributed by atoms with Crippen LogP contribution in [0, 0.1) is 17.7 Å². The Hall–Kier alpha value is -0.770. The van der Waals surface area contributed by atoms with Crippen LogP contribution in [-0.2, 0) is 0 Å². The average Bonchev–Trinajstić information content (AvgIpc) is 2.24. The highest BCUT2D eigenvalue weighted by Crippen LogP contribution is 2.33. The van der Waals surface area contributed by atoms with Gasteiger partial charge in [0.25, 0.3) is 0 Å². The molecule has 1 fully saturated rings. The van der Waals surface area contributed by atoms with Crippen molar-refractivity contribution in [1.82, 2.24) is 0 Å². The van der Waals surface area contributed by atoms with Gasteiger partial charge in [0.2, 0.25) is 0 Å². The van der Waals surface area contributed by atoms with Crippen LogP contribution in [0.25, 0.3) is 0 Å². The smallest absolute Gasteiger partial charge is 0.139 e. The number of anilines is 2. The Bertz CT molecular complexity index is 426. The fourth-order valence-electron chi connectivity index (χ4n) is 2.97. The first kappa shape index (κ1) is 13.7. The summed E-state index contributed by atoms with van der Waals surface area (Å²) >= 11 is 3.20. The molecule has 0 saturated heterocycles. The molecule has 0 radical (unpaired) electrons. The molecule has 18 heavy (non-hydrogen) atoms. The maximum Gasteiger partial charge on any atom is 0.139 e. The highest BCUT2D eigenvalue weighted by molar-refractivity contribution is 9.10. The fourth-order valence-corrected chi connectivity index (χ4v) is 3.32. The molecule has 4 heteroatoms. The van der Waals surface area contributed by atoms with Crippen molar-refractivity contribution < 1.29 is 4.39 Å². The summed E-state index contributed by atoms with van der Waals surface area (Å²) in [5.74, 6) is 1.15. The van der Waals surface area contributed by atoms with Gasteiger partial charge in [0.15, 0.2) is 0 Å². The predicted octanol–water partition coefficient (Wildman–Crippen LogP) is 4.41. The van der Waals surface area contributed by atoms with Crippen molar-refractivity contribution in [3.63, 3.8) is 0 Å². The zero-order valence-electron chi connectivity index (χ0n) is 10.8. The molecule has 2 atom stereocenters. The predicted molar refractivity (Wildman–Crippen MR) is 78.1 cm³/mol. The molecule has 2 rings (SSSR count).